The van der Waals surface area contributed by atoms with E-state index in [2.05, 4.69) is 5.32 Å². The molecule has 0 saturated heterocycles. The van der Waals surface area contributed by atoms with Gasteiger partial charge in [0.15, 0.2) is 0 Å². The molecule has 1 N–H and O–H groups in total. The van der Waals surface area contributed by atoms with E-state index in [0.717, 1.165) is 30.5 Å². The van der Waals surface area contributed by atoms with Gasteiger partial charge in [-0.05, 0) is 30.9 Å². The molecule has 1 aromatic rings. The molecule has 106 valence electrons. The minimum absolute atomic E-state index is 0.0399. The number of amides is 2. The Hall–Kier alpha value is -1.84. The van der Waals surface area contributed by atoms with Crippen LogP contribution in [0.25, 0.3) is 0 Å². The van der Waals surface area contributed by atoms with Gasteiger partial charge in [0.05, 0.1) is 0 Å². The van der Waals surface area contributed by atoms with Crippen LogP contribution in [0.2, 0.25) is 0 Å². The van der Waals surface area contributed by atoms with Crippen LogP contribution in [-0.4, -0.2) is 24.4 Å². The first-order valence-corrected chi connectivity index (χ1v) is 7.41. The highest BCUT2D eigenvalue weighted by Gasteiger charge is 2.26. The van der Waals surface area contributed by atoms with Gasteiger partial charge in [-0.15, -0.1) is 0 Å². The molecule has 0 radical (unpaired) electrons. The molecule has 20 heavy (non-hydrogen) atoms. The number of carbonyl (C=O) groups is 2. The first-order valence-electron chi connectivity index (χ1n) is 7.41. The van der Waals surface area contributed by atoms with Crippen molar-refractivity contribution in [2.45, 2.75) is 44.6 Å². The minimum atomic E-state index is -0.0399. The van der Waals surface area contributed by atoms with Gasteiger partial charge in [0, 0.05) is 18.2 Å². The van der Waals surface area contributed by atoms with Gasteiger partial charge in [0.2, 0.25) is 11.8 Å². The number of nitrogens with zero attached hydrogens (tertiary/aromatic N) is 1. The molecule has 1 saturated carbocycles. The highest BCUT2D eigenvalue weighted by molar-refractivity contribution is 6.01. The molecule has 4 heteroatoms. The molecule has 0 aromatic heterocycles. The molecule has 0 bridgehead atoms. The van der Waals surface area contributed by atoms with Crippen molar-refractivity contribution in [2.24, 2.45) is 0 Å². The zero-order chi connectivity index (χ0) is 13.9. The van der Waals surface area contributed by atoms with E-state index in [1.165, 1.54) is 12.8 Å². The summed E-state index contributed by atoms with van der Waals surface area (Å²) in [6, 6.07) is 8.15. The fraction of sp³-hybridized carbons (Fsp3) is 0.500. The number of fused-ring (bicyclic) bond motifs is 1. The summed E-state index contributed by atoms with van der Waals surface area (Å²) in [5.74, 6) is 0.00669. The van der Waals surface area contributed by atoms with Gasteiger partial charge in [-0.25, -0.2) is 0 Å². The summed E-state index contributed by atoms with van der Waals surface area (Å²) in [6.45, 7) is 0.145. The van der Waals surface area contributed by atoms with E-state index >= 15 is 0 Å². The lowest BCUT2D eigenvalue weighted by Crippen LogP contribution is -2.45. The van der Waals surface area contributed by atoms with Crippen LogP contribution in [0.4, 0.5) is 5.69 Å². The van der Waals surface area contributed by atoms with Crippen molar-refractivity contribution < 1.29 is 9.59 Å². The van der Waals surface area contributed by atoms with E-state index in [1.54, 1.807) is 4.90 Å². The Labute approximate surface area is 119 Å². The third kappa shape index (κ3) is 2.69. The summed E-state index contributed by atoms with van der Waals surface area (Å²) in [4.78, 5) is 25.8. The van der Waals surface area contributed by atoms with Gasteiger partial charge in [-0.2, -0.15) is 0 Å². The van der Waals surface area contributed by atoms with Gasteiger partial charge in [-0.3, -0.25) is 9.59 Å². The molecular weight excluding hydrogens is 252 g/mol. The number of nitrogens with one attached hydrogen (secondary N) is 1. The first kappa shape index (κ1) is 13.2. The van der Waals surface area contributed by atoms with E-state index in [4.69, 9.17) is 0 Å². The molecule has 0 unspecified atom stereocenters. The van der Waals surface area contributed by atoms with Gasteiger partial charge in [0.1, 0.15) is 6.54 Å². The number of anilines is 1. The van der Waals surface area contributed by atoms with E-state index in [0.29, 0.717) is 12.5 Å². The topological polar surface area (TPSA) is 49.4 Å². The molecule has 2 amide bonds. The number of aryl methyl sites for hydroxylation is 1. The minimum Gasteiger partial charge on any atom is -0.352 e. The lowest BCUT2D eigenvalue weighted by molar-refractivity contribution is -0.124. The molecule has 1 aliphatic heterocycles. The van der Waals surface area contributed by atoms with Crippen molar-refractivity contribution in [3.8, 4) is 0 Å². The number of para-hydroxylation sites is 1. The lowest BCUT2D eigenvalue weighted by atomic mass is 10.0. The fourth-order valence-electron chi connectivity index (χ4n) is 3.16. The normalized spacial score (nSPS) is 19.0. The van der Waals surface area contributed by atoms with Crippen molar-refractivity contribution in [3.05, 3.63) is 29.8 Å². The Morgan fingerprint density at radius 2 is 1.95 bits per heavy atom. The third-order valence-electron chi connectivity index (χ3n) is 4.21. The Morgan fingerprint density at radius 3 is 2.75 bits per heavy atom. The molecule has 1 fully saturated rings. The van der Waals surface area contributed by atoms with Crippen LogP contribution < -0.4 is 10.2 Å². The second kappa shape index (κ2) is 5.65. The number of rotatable bonds is 3. The van der Waals surface area contributed by atoms with Crippen LogP contribution in [0.5, 0.6) is 0 Å². The van der Waals surface area contributed by atoms with Crippen molar-refractivity contribution in [3.63, 3.8) is 0 Å². The molecule has 2 aliphatic rings. The number of hydrogen-bond acceptors (Lipinski definition) is 2. The maximum absolute atomic E-state index is 12.1. The Kier molecular flexibility index (Phi) is 3.72. The van der Waals surface area contributed by atoms with Crippen molar-refractivity contribution in [1.82, 2.24) is 5.32 Å². The van der Waals surface area contributed by atoms with Crippen LogP contribution in [0.1, 0.15) is 37.7 Å². The highest BCUT2D eigenvalue weighted by Crippen LogP contribution is 2.27. The summed E-state index contributed by atoms with van der Waals surface area (Å²) in [7, 11) is 0. The average molecular weight is 272 g/mol. The maximum Gasteiger partial charge on any atom is 0.240 e. The molecular formula is C16H20N2O2. The van der Waals surface area contributed by atoms with Crippen molar-refractivity contribution >= 4 is 17.5 Å². The van der Waals surface area contributed by atoms with Crippen LogP contribution in [-0.2, 0) is 16.0 Å². The zero-order valence-electron chi connectivity index (χ0n) is 11.6. The van der Waals surface area contributed by atoms with E-state index < -0.39 is 0 Å². The van der Waals surface area contributed by atoms with Crippen LogP contribution in [0.3, 0.4) is 0 Å². The maximum atomic E-state index is 12.1. The fourth-order valence-corrected chi connectivity index (χ4v) is 3.16. The second-order valence-electron chi connectivity index (χ2n) is 5.66. The van der Waals surface area contributed by atoms with Crippen molar-refractivity contribution in [2.75, 3.05) is 11.4 Å². The third-order valence-corrected chi connectivity index (χ3v) is 4.21. The summed E-state index contributed by atoms with van der Waals surface area (Å²) < 4.78 is 0. The summed E-state index contributed by atoms with van der Waals surface area (Å²) in [5, 5.41) is 3.04. The Balaban J connectivity index is 1.69. The number of hydrogen-bond donors (Lipinski definition) is 1. The number of benzene rings is 1. The van der Waals surface area contributed by atoms with E-state index in [9.17, 15) is 9.59 Å². The monoisotopic (exact) mass is 272 g/mol. The van der Waals surface area contributed by atoms with Gasteiger partial charge < -0.3 is 10.2 Å². The molecule has 1 heterocycles. The predicted octanol–water partition coefficient (Wildman–Crippen LogP) is 2.02. The SMILES string of the molecule is O=C(CN1C(=O)CCc2ccccc21)NC1CCCC1. The average Bonchev–Trinajstić information content (AvgIpc) is 2.95. The molecule has 1 aromatic carbocycles. The molecule has 4 nitrogen and oxygen atoms in total. The summed E-state index contributed by atoms with van der Waals surface area (Å²) in [5.41, 5.74) is 2.05. The van der Waals surface area contributed by atoms with Gasteiger partial charge in [-0.1, -0.05) is 31.0 Å². The lowest BCUT2D eigenvalue weighted by Gasteiger charge is -2.29. The standard InChI is InChI=1S/C16H20N2O2/c19-15(17-13-6-2-3-7-13)11-18-14-8-4-1-5-12(14)9-10-16(18)20/h1,4-5,8,13H,2-3,6-7,9-11H2,(H,17,19). The molecule has 1 aliphatic carbocycles. The van der Waals surface area contributed by atoms with E-state index in [1.807, 2.05) is 24.3 Å². The quantitative estimate of drug-likeness (QED) is 0.915. The second-order valence-corrected chi connectivity index (χ2v) is 5.66. The largest absolute Gasteiger partial charge is 0.352 e. The zero-order valence-corrected chi connectivity index (χ0v) is 11.6. The Morgan fingerprint density at radius 1 is 1.20 bits per heavy atom. The van der Waals surface area contributed by atoms with Crippen LogP contribution >= 0.6 is 0 Å². The smallest absolute Gasteiger partial charge is 0.240 e. The van der Waals surface area contributed by atoms with Gasteiger partial charge >= 0.3 is 0 Å². The van der Waals surface area contributed by atoms with E-state index in [-0.39, 0.29) is 18.4 Å². The summed E-state index contributed by atoms with van der Waals surface area (Å²) in [6.07, 6.45) is 5.78. The summed E-state index contributed by atoms with van der Waals surface area (Å²) >= 11 is 0. The van der Waals surface area contributed by atoms with Crippen LogP contribution in [0.15, 0.2) is 24.3 Å². The molecule has 0 spiro atoms. The first-order chi connectivity index (χ1) is 9.74. The number of carbonyl (C=O) groups excluding carboxylic acids is 2. The predicted molar refractivity (Wildman–Crippen MR) is 77.5 cm³/mol. The Bertz CT molecular complexity index is 521. The van der Waals surface area contributed by atoms with Crippen LogP contribution in [0, 0.1) is 0 Å². The molecule has 3 rings (SSSR count). The van der Waals surface area contributed by atoms with Gasteiger partial charge in [0.25, 0.3) is 0 Å². The molecule has 0 atom stereocenters. The van der Waals surface area contributed by atoms with Crippen molar-refractivity contribution in [1.29, 1.82) is 0 Å². The highest BCUT2D eigenvalue weighted by atomic mass is 16.2.